The molecule has 0 fully saturated rings. The number of hydrogen-bond donors (Lipinski definition) is 1. The van der Waals surface area contributed by atoms with Crippen molar-refractivity contribution in [2.75, 3.05) is 0 Å². The first-order valence-electron chi connectivity index (χ1n) is 4.19. The van der Waals surface area contributed by atoms with Crippen LogP contribution < -0.4 is 5.32 Å². The first-order valence-corrected chi connectivity index (χ1v) is 4.63. The van der Waals surface area contributed by atoms with Gasteiger partial charge in [0.05, 0.1) is 0 Å². The number of halogens is 1. The summed E-state index contributed by atoms with van der Waals surface area (Å²) >= 11 is 5.61. The summed E-state index contributed by atoms with van der Waals surface area (Å²) in [5.74, 6) is -0.0981. The fourth-order valence-corrected chi connectivity index (χ4v) is 0.608. The molecule has 1 amide bonds. The van der Waals surface area contributed by atoms with Gasteiger partial charge < -0.3 is 5.32 Å². The van der Waals surface area contributed by atoms with Crippen molar-refractivity contribution in [1.82, 2.24) is 5.32 Å². The lowest BCUT2D eigenvalue weighted by Gasteiger charge is -2.28. The fourth-order valence-electron chi connectivity index (χ4n) is 0.545. The van der Waals surface area contributed by atoms with E-state index in [-0.39, 0.29) is 17.4 Å². The van der Waals surface area contributed by atoms with Crippen molar-refractivity contribution in [3.05, 3.63) is 0 Å². The molecule has 0 heterocycles. The summed E-state index contributed by atoms with van der Waals surface area (Å²) in [6.45, 7) is 9.90. The summed E-state index contributed by atoms with van der Waals surface area (Å²) in [5.41, 5.74) is 0.0848. The number of amides is 1. The molecular formula is C9H18ClNO. The maximum Gasteiger partial charge on any atom is 0.237 e. The molecule has 0 saturated heterocycles. The lowest BCUT2D eigenvalue weighted by molar-refractivity contribution is -0.121. The van der Waals surface area contributed by atoms with E-state index in [9.17, 15) is 4.79 Å². The molecule has 2 nitrogen and oxygen atoms in total. The maximum absolute atomic E-state index is 11.2. The molecule has 0 aromatic carbocycles. The minimum atomic E-state index is -0.449. The molecule has 0 saturated carbocycles. The molecule has 1 unspecified atom stereocenters. The summed E-state index contributed by atoms with van der Waals surface area (Å²) in [6.07, 6.45) is 0. The number of nitrogens with one attached hydrogen (secondary N) is 1. The number of carbonyl (C=O) groups is 1. The van der Waals surface area contributed by atoms with Crippen molar-refractivity contribution >= 4 is 17.5 Å². The topological polar surface area (TPSA) is 29.1 Å². The lowest BCUT2D eigenvalue weighted by Crippen LogP contribution is -2.43. The summed E-state index contributed by atoms with van der Waals surface area (Å²) in [4.78, 5) is 11.2. The minimum Gasteiger partial charge on any atom is -0.352 e. The van der Waals surface area contributed by atoms with Gasteiger partial charge in [0, 0.05) is 6.04 Å². The average Bonchev–Trinajstić information content (AvgIpc) is 1.85. The van der Waals surface area contributed by atoms with Gasteiger partial charge in [0.2, 0.25) is 5.91 Å². The Balaban J connectivity index is 4.02. The van der Waals surface area contributed by atoms with Crippen LogP contribution in [0.2, 0.25) is 0 Å². The van der Waals surface area contributed by atoms with Gasteiger partial charge in [-0.3, -0.25) is 4.79 Å². The van der Waals surface area contributed by atoms with E-state index in [0.717, 1.165) is 0 Å². The second-order valence-corrected chi connectivity index (χ2v) is 4.87. The molecule has 0 rings (SSSR count). The van der Waals surface area contributed by atoms with Crippen LogP contribution in [0.15, 0.2) is 0 Å². The largest absolute Gasteiger partial charge is 0.352 e. The summed E-state index contributed by atoms with van der Waals surface area (Å²) in [7, 11) is 0. The van der Waals surface area contributed by atoms with Gasteiger partial charge in [-0.25, -0.2) is 0 Å². The molecule has 0 spiro atoms. The molecule has 3 heteroatoms. The molecular weight excluding hydrogens is 174 g/mol. The van der Waals surface area contributed by atoms with E-state index in [4.69, 9.17) is 11.6 Å². The van der Waals surface area contributed by atoms with Crippen LogP contribution in [-0.4, -0.2) is 17.3 Å². The first-order chi connectivity index (χ1) is 5.25. The Kier molecular flexibility index (Phi) is 4.04. The molecule has 0 aliphatic rings. The Morgan fingerprint density at radius 3 is 2.00 bits per heavy atom. The number of alkyl halides is 1. The van der Waals surface area contributed by atoms with Crippen LogP contribution in [0.3, 0.4) is 0 Å². The van der Waals surface area contributed by atoms with E-state index in [1.54, 1.807) is 6.92 Å². The first kappa shape index (κ1) is 11.8. The lowest BCUT2D eigenvalue weighted by atomic mass is 9.88. The summed E-state index contributed by atoms with van der Waals surface area (Å²) in [6, 6.07) is 0.145. The van der Waals surface area contributed by atoms with Gasteiger partial charge in [-0.05, 0) is 19.3 Å². The standard InChI is InChI=1S/C9H18ClNO/c1-6(10)8(12)11-7(2)9(3,4)5/h6-7H,1-5H3,(H,11,12)/t6?,7-/m1/s1. The van der Waals surface area contributed by atoms with E-state index in [2.05, 4.69) is 26.1 Å². The molecule has 12 heavy (non-hydrogen) atoms. The molecule has 0 aliphatic carbocycles. The van der Waals surface area contributed by atoms with E-state index in [0.29, 0.717) is 0 Å². The zero-order valence-corrected chi connectivity index (χ0v) is 9.20. The molecule has 2 atom stereocenters. The number of rotatable bonds is 2. The van der Waals surface area contributed by atoms with Crippen molar-refractivity contribution in [1.29, 1.82) is 0 Å². The van der Waals surface area contributed by atoms with Gasteiger partial charge in [0.15, 0.2) is 0 Å². The zero-order chi connectivity index (χ0) is 9.94. The zero-order valence-electron chi connectivity index (χ0n) is 8.44. The van der Waals surface area contributed by atoms with Gasteiger partial charge in [-0.2, -0.15) is 0 Å². The second-order valence-electron chi connectivity index (χ2n) is 4.21. The molecule has 0 aromatic rings. The van der Waals surface area contributed by atoms with Crippen LogP contribution in [0.4, 0.5) is 0 Å². The van der Waals surface area contributed by atoms with Crippen molar-refractivity contribution in [3.63, 3.8) is 0 Å². The molecule has 1 N–H and O–H groups in total. The van der Waals surface area contributed by atoms with E-state index >= 15 is 0 Å². The highest BCUT2D eigenvalue weighted by Gasteiger charge is 2.22. The highest BCUT2D eigenvalue weighted by molar-refractivity contribution is 6.30. The van der Waals surface area contributed by atoms with Gasteiger partial charge >= 0.3 is 0 Å². The fraction of sp³-hybridized carbons (Fsp3) is 0.889. The molecule has 0 radical (unpaired) electrons. The van der Waals surface area contributed by atoms with Crippen LogP contribution >= 0.6 is 11.6 Å². The minimum absolute atomic E-state index is 0.0848. The predicted octanol–water partition coefficient (Wildman–Crippen LogP) is 2.16. The Labute approximate surface area is 79.7 Å². The second kappa shape index (κ2) is 4.13. The average molecular weight is 192 g/mol. The molecule has 0 bridgehead atoms. The van der Waals surface area contributed by atoms with E-state index in [1.807, 2.05) is 6.92 Å². The van der Waals surface area contributed by atoms with Crippen LogP contribution in [0, 0.1) is 5.41 Å². The van der Waals surface area contributed by atoms with Gasteiger partial charge in [0.1, 0.15) is 5.38 Å². The quantitative estimate of drug-likeness (QED) is 0.666. The highest BCUT2D eigenvalue weighted by Crippen LogP contribution is 2.18. The Hall–Kier alpha value is -0.240. The molecule has 72 valence electrons. The normalized spacial score (nSPS) is 16.8. The third kappa shape index (κ3) is 3.96. The van der Waals surface area contributed by atoms with Gasteiger partial charge in [-0.1, -0.05) is 20.8 Å². The smallest absolute Gasteiger partial charge is 0.237 e. The molecule has 0 aliphatic heterocycles. The van der Waals surface area contributed by atoms with Crippen LogP contribution in [0.25, 0.3) is 0 Å². The summed E-state index contributed by atoms with van der Waals surface area (Å²) < 4.78 is 0. The number of carbonyl (C=O) groups excluding carboxylic acids is 1. The van der Waals surface area contributed by atoms with Crippen molar-refractivity contribution < 1.29 is 4.79 Å². The van der Waals surface area contributed by atoms with Crippen molar-refractivity contribution in [3.8, 4) is 0 Å². The Bertz CT molecular complexity index is 160. The Morgan fingerprint density at radius 2 is 1.75 bits per heavy atom. The predicted molar refractivity (Wildman–Crippen MR) is 52.4 cm³/mol. The van der Waals surface area contributed by atoms with Crippen molar-refractivity contribution in [2.24, 2.45) is 5.41 Å². The van der Waals surface area contributed by atoms with Crippen LogP contribution in [-0.2, 0) is 4.79 Å². The summed E-state index contributed by atoms with van der Waals surface area (Å²) in [5, 5.41) is 2.40. The Morgan fingerprint density at radius 1 is 1.33 bits per heavy atom. The third-order valence-corrected chi connectivity index (χ3v) is 2.22. The SMILES string of the molecule is CC(Cl)C(=O)N[C@H](C)C(C)(C)C. The highest BCUT2D eigenvalue weighted by atomic mass is 35.5. The van der Waals surface area contributed by atoms with E-state index < -0.39 is 5.38 Å². The third-order valence-electron chi connectivity index (χ3n) is 2.02. The van der Waals surface area contributed by atoms with Gasteiger partial charge in [0.25, 0.3) is 0 Å². The van der Waals surface area contributed by atoms with Crippen LogP contribution in [0.5, 0.6) is 0 Å². The monoisotopic (exact) mass is 191 g/mol. The van der Waals surface area contributed by atoms with E-state index in [1.165, 1.54) is 0 Å². The molecule has 0 aromatic heterocycles. The van der Waals surface area contributed by atoms with Crippen LogP contribution in [0.1, 0.15) is 34.6 Å². The van der Waals surface area contributed by atoms with Gasteiger partial charge in [-0.15, -0.1) is 11.6 Å². The number of hydrogen-bond acceptors (Lipinski definition) is 1. The van der Waals surface area contributed by atoms with Crippen molar-refractivity contribution in [2.45, 2.75) is 46.0 Å². The maximum atomic E-state index is 11.2.